The van der Waals surface area contributed by atoms with E-state index in [1.54, 1.807) is 6.08 Å². The van der Waals surface area contributed by atoms with E-state index in [0.29, 0.717) is 0 Å². The molecular weight excluding hydrogens is 462 g/mol. The maximum atomic E-state index is 3.49. The van der Waals surface area contributed by atoms with Gasteiger partial charge in [0.2, 0.25) is 0 Å². The van der Waals surface area contributed by atoms with Crippen molar-refractivity contribution in [3.05, 3.63) is 105 Å². The fourth-order valence-electron chi connectivity index (χ4n) is 2.54. The van der Waals surface area contributed by atoms with E-state index >= 15 is 0 Å². The fourth-order valence-corrected chi connectivity index (χ4v) is 2.54. The van der Waals surface area contributed by atoms with E-state index in [-0.39, 0.29) is 65.9 Å². The average molecular weight is 493 g/mol. The third-order valence-corrected chi connectivity index (χ3v) is 3.64. The number of hydrogen-bond donors (Lipinski definition) is 0. The fraction of sp³-hybridized carbons (Fsp3) is 0.160. The van der Waals surface area contributed by atoms with E-state index in [0.717, 1.165) is 12.8 Å². The van der Waals surface area contributed by atoms with Gasteiger partial charge < -0.3 is 39.2 Å². The van der Waals surface area contributed by atoms with E-state index in [4.69, 9.17) is 0 Å². The van der Waals surface area contributed by atoms with E-state index in [9.17, 15) is 0 Å². The maximum Gasteiger partial charge on any atom is 2.00 e. The second-order valence-electron chi connectivity index (χ2n) is 5.35. The van der Waals surface area contributed by atoms with Gasteiger partial charge in [0.15, 0.2) is 0 Å². The van der Waals surface area contributed by atoms with Gasteiger partial charge in [-0.1, -0.05) is 43.3 Å². The molecule has 0 saturated heterocycles. The van der Waals surface area contributed by atoms with Crippen LogP contribution in [0, 0.1) is 27.4 Å². The van der Waals surface area contributed by atoms with Gasteiger partial charge in [-0.05, 0) is 6.92 Å². The maximum absolute atomic E-state index is 3.49. The van der Waals surface area contributed by atoms with E-state index < -0.39 is 0 Å². The first-order valence-corrected chi connectivity index (χ1v) is 7.93. The summed E-state index contributed by atoms with van der Waals surface area (Å²) in [4.78, 5) is 0. The first-order valence-electron chi connectivity index (χ1n) is 7.93. The number of halogens is 2. The minimum Gasteiger partial charge on any atom is -1.00 e. The molecule has 1 aliphatic carbocycles. The van der Waals surface area contributed by atoms with Crippen LogP contribution in [-0.4, -0.2) is 0 Å². The van der Waals surface area contributed by atoms with Crippen LogP contribution in [0.4, 0.5) is 0 Å². The minimum absolute atomic E-state index is 0. The number of aryl methyl sites for hydroxylation is 1. The standard InChI is InChI=1S/C14H11.C5H5.C4H7.CH4.CH3.2ClH.Zr/c1-10-5-4-7-12-9-11-6-2-3-8-13(11)14(10)12;1-2-4-5-3-1;1-3-4-2;;;;;/h2-9H,1H3;1-3H,4H2;3H,1-2,4H2;1H4;1H3;2*1H;/q3*-1;;-1;;;+2/p-2. The van der Waals surface area contributed by atoms with Crippen LogP contribution >= 0.6 is 0 Å². The number of allylic oxidation sites excluding steroid dienone is 5. The van der Waals surface area contributed by atoms with Crippen molar-refractivity contribution in [1.82, 2.24) is 0 Å². The molecule has 0 N–H and O–H groups in total. The second-order valence-corrected chi connectivity index (χ2v) is 5.35. The molecule has 0 radical (unpaired) electrons. The summed E-state index contributed by atoms with van der Waals surface area (Å²) in [6, 6.07) is 17.3. The number of rotatable bonds is 1. The minimum atomic E-state index is 0. The molecule has 0 atom stereocenters. The molecule has 0 bridgehead atoms. The van der Waals surface area contributed by atoms with Crippen LogP contribution in [0.3, 0.4) is 0 Å². The van der Waals surface area contributed by atoms with Gasteiger partial charge in [-0.3, -0.25) is 6.08 Å². The molecule has 3 aromatic rings. The molecule has 0 unspecified atom stereocenters. The number of hydrogen-bond acceptors (Lipinski definition) is 0. The van der Waals surface area contributed by atoms with Crippen LogP contribution in [0.25, 0.3) is 21.5 Å². The predicted molar refractivity (Wildman–Crippen MR) is 117 cm³/mol. The molecule has 4 rings (SSSR count). The summed E-state index contributed by atoms with van der Waals surface area (Å²) in [5, 5.41) is 5.48. The smallest absolute Gasteiger partial charge is 1.00 e. The molecule has 152 valence electrons. The summed E-state index contributed by atoms with van der Waals surface area (Å²) in [5.74, 6) is 0. The van der Waals surface area contributed by atoms with E-state index in [2.05, 4.69) is 81.1 Å². The van der Waals surface area contributed by atoms with Gasteiger partial charge in [0, 0.05) is 0 Å². The zero-order valence-corrected chi connectivity index (χ0v) is 20.0. The summed E-state index contributed by atoms with van der Waals surface area (Å²) >= 11 is 0. The van der Waals surface area contributed by atoms with Crippen molar-refractivity contribution in [2.75, 3.05) is 0 Å². The van der Waals surface area contributed by atoms with Crippen molar-refractivity contribution < 1.29 is 51.0 Å². The van der Waals surface area contributed by atoms with Crippen molar-refractivity contribution in [2.45, 2.75) is 27.2 Å². The molecule has 0 aromatic heterocycles. The molecule has 0 saturated carbocycles. The molecule has 3 aromatic carbocycles. The quantitative estimate of drug-likeness (QED) is 0.359. The van der Waals surface area contributed by atoms with Crippen molar-refractivity contribution in [3.8, 4) is 0 Å². The third-order valence-electron chi connectivity index (χ3n) is 3.64. The third kappa shape index (κ3) is 9.97. The molecule has 0 nitrogen and oxygen atoms in total. The van der Waals surface area contributed by atoms with Gasteiger partial charge in [-0.2, -0.15) is 12.5 Å². The molecule has 28 heavy (non-hydrogen) atoms. The zero-order valence-electron chi connectivity index (χ0n) is 16.0. The van der Waals surface area contributed by atoms with Gasteiger partial charge in [0.05, 0.1) is 0 Å². The van der Waals surface area contributed by atoms with E-state index in [1.807, 2.05) is 12.2 Å². The SMILES string of the molecule is C.C=CC[CH2-].Cc1cccc2[cH-]c3ccccc3c12.[C-]1=CC=CC1.[CH3-].[Cl-].[Cl-].[Zr+2]. The van der Waals surface area contributed by atoms with Crippen LogP contribution in [-0.2, 0) is 26.2 Å². The van der Waals surface area contributed by atoms with Crippen molar-refractivity contribution in [3.63, 3.8) is 0 Å². The van der Waals surface area contributed by atoms with Crippen LogP contribution < -0.4 is 24.8 Å². The zero-order chi connectivity index (χ0) is 16.5. The van der Waals surface area contributed by atoms with Crippen molar-refractivity contribution in [1.29, 1.82) is 0 Å². The van der Waals surface area contributed by atoms with Gasteiger partial charge in [-0.25, -0.2) is 12.2 Å². The topological polar surface area (TPSA) is 0 Å². The Morgan fingerprint density at radius 1 is 1.11 bits per heavy atom. The molecule has 0 aliphatic heterocycles. The normalized spacial score (nSPS) is 9.64. The Labute approximate surface area is 204 Å². The molecule has 3 heteroatoms. The Kier molecular flexibility index (Phi) is 23.8. The first-order chi connectivity index (χ1) is 11.3. The molecule has 0 spiro atoms. The Balaban J connectivity index is -0.000000178. The summed E-state index contributed by atoms with van der Waals surface area (Å²) in [5.41, 5.74) is 1.36. The van der Waals surface area contributed by atoms with Crippen molar-refractivity contribution in [2.24, 2.45) is 0 Å². The summed E-state index contributed by atoms with van der Waals surface area (Å²) in [6.45, 7) is 9.08. The van der Waals surface area contributed by atoms with Gasteiger partial charge >= 0.3 is 26.2 Å². The molecule has 0 fully saturated rings. The van der Waals surface area contributed by atoms with Gasteiger partial charge in [-0.15, -0.1) is 58.8 Å². The molecule has 0 heterocycles. The summed E-state index contributed by atoms with van der Waals surface area (Å²) < 4.78 is 0. The van der Waals surface area contributed by atoms with Crippen LogP contribution in [0.1, 0.15) is 25.8 Å². The first kappa shape index (κ1) is 34.5. The Bertz CT molecular complexity index is 819. The van der Waals surface area contributed by atoms with Crippen LogP contribution in [0.5, 0.6) is 0 Å². The van der Waals surface area contributed by atoms with E-state index in [1.165, 1.54) is 27.1 Å². The number of fused-ring (bicyclic) bond motifs is 3. The largest absolute Gasteiger partial charge is 2.00 e. The Morgan fingerprint density at radius 3 is 2.21 bits per heavy atom. The summed E-state index contributed by atoms with van der Waals surface area (Å²) in [7, 11) is 0. The molecule has 0 amide bonds. The average Bonchev–Trinajstić information content (AvgIpc) is 3.26. The second kappa shape index (κ2) is 19.3. The Hall–Kier alpha value is -1.01. The predicted octanol–water partition coefficient (Wildman–Crippen LogP) is 1.81. The van der Waals surface area contributed by atoms with Crippen LogP contribution in [0.15, 0.2) is 79.4 Å². The molecular formula is C25H30Cl2Zr-4. The monoisotopic (exact) mass is 490 g/mol. The number of benzene rings is 2. The van der Waals surface area contributed by atoms with Crippen LogP contribution in [0.2, 0.25) is 0 Å². The van der Waals surface area contributed by atoms with Gasteiger partial charge in [0.1, 0.15) is 0 Å². The molecule has 1 aliphatic rings. The van der Waals surface area contributed by atoms with Gasteiger partial charge in [0.25, 0.3) is 0 Å². The van der Waals surface area contributed by atoms with Crippen molar-refractivity contribution >= 4 is 21.5 Å². The Morgan fingerprint density at radius 2 is 1.71 bits per heavy atom. The summed E-state index contributed by atoms with van der Waals surface area (Å²) in [6.07, 6.45) is 12.6.